The van der Waals surface area contributed by atoms with E-state index in [1.807, 2.05) is 73.0 Å². The van der Waals surface area contributed by atoms with Crippen LogP contribution >= 0.6 is 11.3 Å². The molecule has 4 heterocycles. The van der Waals surface area contributed by atoms with Crippen LogP contribution in [0.25, 0.3) is 10.4 Å². The number of aliphatic hydroxyl groups excluding tert-OH is 1. The van der Waals surface area contributed by atoms with E-state index in [0.717, 1.165) is 28.7 Å². The van der Waals surface area contributed by atoms with Crippen molar-refractivity contribution in [2.45, 2.75) is 127 Å². The zero-order valence-electron chi connectivity index (χ0n) is 39.8. The van der Waals surface area contributed by atoms with Gasteiger partial charge in [-0.25, -0.2) is 4.98 Å². The van der Waals surface area contributed by atoms with Gasteiger partial charge >= 0.3 is 0 Å². The molecule has 4 N–H and O–H groups in total. The topological polar surface area (TPSA) is 214 Å². The number of aliphatic hydroxyl groups is 1. The van der Waals surface area contributed by atoms with Gasteiger partial charge < -0.3 is 30.1 Å². The van der Waals surface area contributed by atoms with E-state index in [-0.39, 0.29) is 36.4 Å². The van der Waals surface area contributed by atoms with Crippen LogP contribution in [-0.4, -0.2) is 113 Å². The monoisotopic (exact) mass is 913 g/mol. The Morgan fingerprint density at radius 2 is 1.55 bits per heavy atom. The highest BCUT2D eigenvalue weighted by Gasteiger charge is 2.46. The van der Waals surface area contributed by atoms with Gasteiger partial charge in [0, 0.05) is 32.7 Å². The number of benzene rings is 2. The lowest BCUT2D eigenvalue weighted by atomic mass is 10.0. The number of ether oxygens (including phenoxy) is 2. The van der Waals surface area contributed by atoms with E-state index in [0.29, 0.717) is 57.3 Å². The Bertz CT molecular complexity index is 1870. The normalized spacial score (nSPS) is 15.6. The van der Waals surface area contributed by atoms with E-state index >= 15 is 0 Å². The second-order valence-corrected chi connectivity index (χ2v) is 15.4. The number of piperidine rings is 1. The fourth-order valence-electron chi connectivity index (χ4n) is 5.81. The van der Waals surface area contributed by atoms with Gasteiger partial charge in [0.15, 0.2) is 0 Å². The molecule has 2 fully saturated rings. The number of fused-ring (bicyclic) bond motifs is 1. The van der Waals surface area contributed by atoms with Gasteiger partial charge in [0.2, 0.25) is 30.5 Å². The minimum Gasteiger partial charge on any atom is -0.493 e. The molecular weight excluding hydrogens is 841 g/mol. The summed E-state index contributed by atoms with van der Waals surface area (Å²) >= 11 is 1.64. The van der Waals surface area contributed by atoms with E-state index in [9.17, 15) is 33.6 Å². The van der Waals surface area contributed by atoms with Crippen molar-refractivity contribution in [1.82, 2.24) is 30.7 Å². The third-order valence-corrected chi connectivity index (χ3v) is 9.41. The first-order valence-corrected chi connectivity index (χ1v) is 22.9. The molecule has 16 nitrogen and oxygen atoms in total. The predicted octanol–water partition coefficient (Wildman–Crippen LogP) is 6.32. The molecular formula is C47H72N6O10S. The number of aryl methyl sites for hydroxylation is 1. The Hall–Kier alpha value is -5.52. The van der Waals surface area contributed by atoms with Crippen LogP contribution in [-0.2, 0) is 35.3 Å². The second-order valence-electron chi connectivity index (χ2n) is 14.5. The van der Waals surface area contributed by atoms with Crippen LogP contribution in [0.5, 0.6) is 5.75 Å². The molecule has 6 rings (SSSR count). The molecule has 0 bridgehead atoms. The highest BCUT2D eigenvalue weighted by atomic mass is 32.1. The van der Waals surface area contributed by atoms with E-state index < -0.39 is 35.8 Å². The summed E-state index contributed by atoms with van der Waals surface area (Å²) < 4.78 is 10.4. The molecule has 0 radical (unpaired) electrons. The van der Waals surface area contributed by atoms with Crippen LogP contribution in [0.4, 0.5) is 0 Å². The number of hydrogen-bond acceptors (Lipinski definition) is 12. The molecule has 1 aromatic heterocycles. The fourth-order valence-corrected chi connectivity index (χ4v) is 6.63. The molecule has 2 atom stereocenters. The van der Waals surface area contributed by atoms with Crippen LogP contribution in [0.2, 0.25) is 0 Å². The summed E-state index contributed by atoms with van der Waals surface area (Å²) in [6, 6.07) is 12.0. The number of rotatable bonds is 12. The number of amides is 7. The maximum Gasteiger partial charge on any atom is 0.266 e. The maximum absolute atomic E-state index is 12.6. The first kappa shape index (κ1) is 58.5. The molecule has 3 aliphatic heterocycles. The lowest BCUT2D eigenvalue weighted by Gasteiger charge is -2.27. The Morgan fingerprint density at radius 1 is 0.922 bits per heavy atom. The quantitative estimate of drug-likeness (QED) is 0.117. The Balaban J connectivity index is 0.000000835. The lowest BCUT2D eigenvalue weighted by molar-refractivity contribution is -0.136. The molecule has 0 saturated carbocycles. The van der Waals surface area contributed by atoms with Gasteiger partial charge in [-0.1, -0.05) is 78.8 Å². The summed E-state index contributed by atoms with van der Waals surface area (Å²) in [4.78, 5) is 87.3. The first-order valence-electron chi connectivity index (χ1n) is 22.0. The molecule has 3 aromatic rings. The van der Waals surface area contributed by atoms with Crippen LogP contribution in [0.3, 0.4) is 0 Å². The van der Waals surface area contributed by atoms with Gasteiger partial charge in [0.1, 0.15) is 11.8 Å². The number of likely N-dealkylation sites (tertiary alicyclic amines) is 1. The number of thiazole rings is 1. The number of β-amino-alcohol motifs (C(OH)–C–C–N with tert-alkyl or cyclic N) is 1. The van der Waals surface area contributed by atoms with Crippen molar-refractivity contribution >= 4 is 53.7 Å². The summed E-state index contributed by atoms with van der Waals surface area (Å²) in [6.45, 7) is 27.1. The van der Waals surface area contributed by atoms with Gasteiger partial charge in [-0.15, -0.1) is 11.3 Å². The average Bonchev–Trinajstić information content (AvgIpc) is 3.98. The number of carbonyl (C=O) groups is 7. The minimum absolute atomic E-state index is 0.0240. The molecule has 2 saturated heterocycles. The van der Waals surface area contributed by atoms with Crippen LogP contribution < -0.4 is 20.7 Å². The number of aromatic nitrogens is 1. The van der Waals surface area contributed by atoms with Crippen molar-refractivity contribution in [2.75, 3.05) is 32.8 Å². The highest BCUT2D eigenvalue weighted by molar-refractivity contribution is 7.13. The van der Waals surface area contributed by atoms with E-state index in [4.69, 9.17) is 14.6 Å². The van der Waals surface area contributed by atoms with Crippen LogP contribution in [0, 0.1) is 12.8 Å². The molecule has 17 heteroatoms. The van der Waals surface area contributed by atoms with E-state index in [1.54, 1.807) is 35.3 Å². The second kappa shape index (κ2) is 33.1. The number of imide groups is 2. The number of nitrogens with zero attached hydrogens (tertiary/aromatic N) is 3. The van der Waals surface area contributed by atoms with Crippen molar-refractivity contribution < 1.29 is 48.1 Å². The van der Waals surface area contributed by atoms with E-state index in [2.05, 4.69) is 53.8 Å². The molecule has 356 valence electrons. The molecule has 7 amide bonds. The Morgan fingerprint density at radius 3 is 2.02 bits per heavy atom. The maximum atomic E-state index is 12.6. The predicted molar refractivity (Wildman–Crippen MR) is 251 cm³/mol. The summed E-state index contributed by atoms with van der Waals surface area (Å²) in [5.41, 5.74) is 5.59. The standard InChI is InChI=1S/C15H14N2O5.C12H12N2OS.C7H12N2O3.C5H12O.C4H10.2C2H6/c1-2-22-10-5-3-4-8-12(10)15(21)17(14(8)20)9-6-7-11(18)16-13(9)19;1-9-12(16-8-14-9)11-4-2-10(3-5-11)6-13-7-15;10-5-8-3-7(12)9-2-1-6(11)4-9;1-4-6-5(2)3;1-4(2)3;2*1-2/h3-5,9H,2,6-7H2,1H3,(H,16,18,19);2-5,7-8H,6H2,1H3,(H,13,15);5-6,11H,1-4H2,(H,8,10);5H,4H2,1-3H3;4H,1-3H3;2*1-2H3. The number of nitrogens with one attached hydrogen (secondary N) is 3. The van der Waals surface area contributed by atoms with Crippen molar-refractivity contribution in [3.63, 3.8) is 0 Å². The number of carbonyl (C=O) groups excluding carboxylic acids is 7. The Labute approximate surface area is 383 Å². The summed E-state index contributed by atoms with van der Waals surface area (Å²) in [6.07, 6.45) is 2.07. The minimum atomic E-state index is -0.959. The van der Waals surface area contributed by atoms with Crippen molar-refractivity contribution in [2.24, 2.45) is 5.92 Å². The third-order valence-electron chi connectivity index (χ3n) is 8.43. The smallest absolute Gasteiger partial charge is 0.266 e. The molecule has 0 aliphatic carbocycles. The zero-order valence-corrected chi connectivity index (χ0v) is 40.6. The third kappa shape index (κ3) is 20.3. The van der Waals surface area contributed by atoms with Crippen molar-refractivity contribution in [3.8, 4) is 16.2 Å². The SMILES string of the molecule is CC.CC.CC(C)C.CCOC(C)C.CCOc1cccc2c1C(=O)N(C1CCC(=O)NC1=O)C2=O.Cc1ncsc1-c1ccc(CNC=O)cc1.O=CNCC(=O)N1CCC(O)C1. The summed E-state index contributed by atoms with van der Waals surface area (Å²) in [7, 11) is 0. The zero-order chi connectivity index (χ0) is 48.8. The van der Waals surface area contributed by atoms with Gasteiger partial charge in [-0.05, 0) is 76.6 Å². The van der Waals surface area contributed by atoms with Crippen LogP contribution in [0.15, 0.2) is 48.0 Å². The fraction of sp³-hybridized carbons (Fsp3) is 0.532. The average molecular weight is 913 g/mol. The largest absolute Gasteiger partial charge is 0.493 e. The van der Waals surface area contributed by atoms with Gasteiger partial charge in [0.05, 0.1) is 52.6 Å². The molecule has 0 spiro atoms. The molecule has 2 aromatic carbocycles. The lowest BCUT2D eigenvalue weighted by Crippen LogP contribution is -2.54. The van der Waals surface area contributed by atoms with E-state index in [1.165, 1.54) is 16.5 Å². The molecule has 2 unspecified atom stereocenters. The van der Waals surface area contributed by atoms with Crippen molar-refractivity contribution in [3.05, 3.63) is 70.4 Å². The summed E-state index contributed by atoms with van der Waals surface area (Å²) in [5, 5.41) is 16.2. The van der Waals surface area contributed by atoms with Gasteiger partial charge in [-0.3, -0.25) is 43.8 Å². The highest BCUT2D eigenvalue weighted by Crippen LogP contribution is 2.33. The molecule has 64 heavy (non-hydrogen) atoms. The van der Waals surface area contributed by atoms with Gasteiger partial charge in [0.25, 0.3) is 11.8 Å². The Kier molecular flexibility index (Phi) is 30.2. The summed E-state index contributed by atoms with van der Waals surface area (Å²) in [5.74, 6) is -1.09. The first-order chi connectivity index (χ1) is 30.6. The van der Waals surface area contributed by atoms with Gasteiger partial charge in [-0.2, -0.15) is 0 Å². The molecule has 3 aliphatic rings. The number of hydrogen-bond donors (Lipinski definition) is 4. The van der Waals surface area contributed by atoms with Crippen LogP contribution in [0.1, 0.15) is 127 Å². The van der Waals surface area contributed by atoms with Crippen molar-refractivity contribution in [1.29, 1.82) is 0 Å².